The lowest BCUT2D eigenvalue weighted by molar-refractivity contribution is -0.00897. The van der Waals surface area contributed by atoms with Gasteiger partial charge in [0.1, 0.15) is 6.10 Å². The van der Waals surface area contributed by atoms with Crippen LogP contribution in [0.15, 0.2) is 12.2 Å². The fourth-order valence-corrected chi connectivity index (χ4v) is 2.86. The van der Waals surface area contributed by atoms with Crippen LogP contribution < -0.4 is 0 Å². The van der Waals surface area contributed by atoms with Crippen LogP contribution in [0.25, 0.3) is 0 Å². The fourth-order valence-electron chi connectivity index (χ4n) is 2.86. The predicted octanol–water partition coefficient (Wildman–Crippen LogP) is 8.61. The van der Waals surface area contributed by atoms with Crippen molar-refractivity contribution in [2.45, 2.75) is 131 Å². The molecular weight excluding hydrogens is 348 g/mol. The zero-order valence-corrected chi connectivity index (χ0v) is 19.6. The number of rotatable bonds is 17. The van der Waals surface area contributed by atoms with Gasteiger partial charge in [-0.15, -0.1) is 0 Å². The Labute approximate surface area is 175 Å². The molecule has 0 spiro atoms. The van der Waals surface area contributed by atoms with Crippen LogP contribution in [0, 0.1) is 5.41 Å². The van der Waals surface area contributed by atoms with Gasteiger partial charge in [-0.05, 0) is 44.4 Å². The van der Waals surface area contributed by atoms with Gasteiger partial charge in [-0.2, -0.15) is 0 Å². The summed E-state index contributed by atoms with van der Waals surface area (Å²) in [6.07, 6.45) is 22.0. The van der Waals surface area contributed by atoms with Crippen molar-refractivity contribution in [1.82, 2.24) is 0 Å². The summed E-state index contributed by atoms with van der Waals surface area (Å²) in [6.45, 7) is 10.8. The molecule has 0 aromatic heterocycles. The molecule has 0 aliphatic carbocycles. The topological polar surface area (TPSA) is 35.5 Å². The second-order valence-electron chi connectivity index (χ2n) is 9.16. The standard InChI is InChI=1S/C25H48O3/c1-6-7-8-9-10-11-12-13-14-15-16-17-18-19-20-21-22-27-24(26)28-23(2)25(3,4)5/h13-14,23H,6-12,15-22H2,1-5H3/b14-13-. The maximum absolute atomic E-state index is 11.6. The lowest BCUT2D eigenvalue weighted by Crippen LogP contribution is -2.29. The number of hydrogen-bond donors (Lipinski definition) is 0. The zero-order valence-electron chi connectivity index (χ0n) is 19.6. The molecule has 0 amide bonds. The molecule has 0 aromatic rings. The van der Waals surface area contributed by atoms with Crippen LogP contribution in [-0.2, 0) is 9.47 Å². The summed E-state index contributed by atoms with van der Waals surface area (Å²) < 4.78 is 10.4. The first-order valence-corrected chi connectivity index (χ1v) is 11.9. The van der Waals surface area contributed by atoms with E-state index in [0.717, 1.165) is 12.8 Å². The van der Waals surface area contributed by atoms with Crippen molar-refractivity contribution < 1.29 is 14.3 Å². The maximum atomic E-state index is 11.6. The van der Waals surface area contributed by atoms with Crippen molar-refractivity contribution in [2.75, 3.05) is 6.61 Å². The summed E-state index contributed by atoms with van der Waals surface area (Å²) in [4.78, 5) is 11.6. The van der Waals surface area contributed by atoms with Crippen LogP contribution >= 0.6 is 0 Å². The van der Waals surface area contributed by atoms with E-state index in [1.807, 2.05) is 6.92 Å². The zero-order chi connectivity index (χ0) is 21.1. The predicted molar refractivity (Wildman–Crippen MR) is 121 cm³/mol. The number of allylic oxidation sites excluding steroid dienone is 2. The largest absolute Gasteiger partial charge is 0.508 e. The highest BCUT2D eigenvalue weighted by Crippen LogP contribution is 2.22. The van der Waals surface area contributed by atoms with E-state index in [4.69, 9.17) is 9.47 Å². The van der Waals surface area contributed by atoms with Crippen molar-refractivity contribution in [3.63, 3.8) is 0 Å². The Morgan fingerprint density at radius 1 is 0.786 bits per heavy atom. The van der Waals surface area contributed by atoms with Gasteiger partial charge in [-0.3, -0.25) is 0 Å². The summed E-state index contributed by atoms with van der Waals surface area (Å²) >= 11 is 0. The average molecular weight is 397 g/mol. The summed E-state index contributed by atoms with van der Waals surface area (Å²) in [5.41, 5.74) is -0.0531. The van der Waals surface area contributed by atoms with E-state index >= 15 is 0 Å². The van der Waals surface area contributed by atoms with Gasteiger partial charge in [0.25, 0.3) is 0 Å². The molecule has 0 fully saturated rings. The fraction of sp³-hybridized carbons (Fsp3) is 0.880. The second-order valence-corrected chi connectivity index (χ2v) is 9.16. The van der Waals surface area contributed by atoms with Crippen molar-refractivity contribution in [2.24, 2.45) is 5.41 Å². The smallest absolute Gasteiger partial charge is 0.434 e. The van der Waals surface area contributed by atoms with Gasteiger partial charge >= 0.3 is 6.16 Å². The van der Waals surface area contributed by atoms with E-state index in [1.165, 1.54) is 77.0 Å². The van der Waals surface area contributed by atoms with Gasteiger partial charge in [0.2, 0.25) is 0 Å². The number of unbranched alkanes of at least 4 members (excludes halogenated alkanes) is 12. The minimum absolute atomic E-state index is 0.0531. The summed E-state index contributed by atoms with van der Waals surface area (Å²) in [5, 5.41) is 0. The molecule has 0 heterocycles. The molecule has 166 valence electrons. The molecule has 0 bridgehead atoms. The molecule has 1 unspecified atom stereocenters. The minimum atomic E-state index is -0.532. The van der Waals surface area contributed by atoms with Crippen LogP contribution in [0.2, 0.25) is 0 Å². The molecule has 0 saturated heterocycles. The van der Waals surface area contributed by atoms with Crippen LogP contribution in [0.1, 0.15) is 125 Å². The number of carbonyl (C=O) groups excluding carboxylic acids is 1. The molecule has 28 heavy (non-hydrogen) atoms. The third kappa shape index (κ3) is 18.4. The summed E-state index contributed by atoms with van der Waals surface area (Å²) in [5.74, 6) is 0. The SMILES string of the molecule is CCCCCCCC/C=C\CCCCCCCCOC(=O)OC(C)C(C)(C)C. The molecule has 0 radical (unpaired) electrons. The molecular formula is C25H48O3. The summed E-state index contributed by atoms with van der Waals surface area (Å²) in [7, 11) is 0. The Bertz CT molecular complexity index is 382. The Kier molecular flexibility index (Phi) is 17.4. The molecule has 3 heteroatoms. The van der Waals surface area contributed by atoms with Crippen LogP contribution in [0.3, 0.4) is 0 Å². The molecule has 0 aliphatic rings. The Hall–Kier alpha value is -0.990. The molecule has 0 aliphatic heterocycles. The Morgan fingerprint density at radius 2 is 1.25 bits per heavy atom. The molecule has 3 nitrogen and oxygen atoms in total. The van der Waals surface area contributed by atoms with Crippen molar-refractivity contribution >= 4 is 6.16 Å². The quantitative estimate of drug-likeness (QED) is 0.140. The Morgan fingerprint density at radius 3 is 1.75 bits per heavy atom. The first kappa shape index (κ1) is 27.0. The highest BCUT2D eigenvalue weighted by atomic mass is 16.7. The number of hydrogen-bond acceptors (Lipinski definition) is 3. The normalized spacial score (nSPS) is 13.0. The minimum Gasteiger partial charge on any atom is -0.434 e. The third-order valence-electron chi connectivity index (χ3n) is 5.37. The van der Waals surface area contributed by atoms with E-state index in [-0.39, 0.29) is 11.5 Å². The van der Waals surface area contributed by atoms with Gasteiger partial charge < -0.3 is 9.47 Å². The average Bonchev–Trinajstić information content (AvgIpc) is 2.63. The second kappa shape index (κ2) is 18.1. The molecule has 1 atom stereocenters. The van der Waals surface area contributed by atoms with Crippen molar-refractivity contribution in [1.29, 1.82) is 0 Å². The summed E-state index contributed by atoms with van der Waals surface area (Å²) in [6, 6.07) is 0. The van der Waals surface area contributed by atoms with Crippen molar-refractivity contribution in [3.05, 3.63) is 12.2 Å². The van der Waals surface area contributed by atoms with Crippen LogP contribution in [0.4, 0.5) is 4.79 Å². The van der Waals surface area contributed by atoms with Gasteiger partial charge in [0.05, 0.1) is 6.61 Å². The van der Waals surface area contributed by atoms with Gasteiger partial charge in [0, 0.05) is 0 Å². The van der Waals surface area contributed by atoms with Crippen LogP contribution in [-0.4, -0.2) is 18.9 Å². The number of carbonyl (C=O) groups is 1. The first-order valence-electron chi connectivity index (χ1n) is 11.9. The number of ether oxygens (including phenoxy) is 2. The highest BCUT2D eigenvalue weighted by molar-refractivity contribution is 5.60. The molecule has 0 N–H and O–H groups in total. The molecule has 0 rings (SSSR count). The van der Waals surface area contributed by atoms with Crippen molar-refractivity contribution in [3.8, 4) is 0 Å². The first-order chi connectivity index (χ1) is 13.4. The van der Waals surface area contributed by atoms with Gasteiger partial charge in [-0.1, -0.05) is 97.6 Å². The van der Waals surface area contributed by atoms with E-state index in [9.17, 15) is 4.79 Å². The highest BCUT2D eigenvalue weighted by Gasteiger charge is 2.24. The van der Waals surface area contributed by atoms with E-state index < -0.39 is 6.16 Å². The van der Waals surface area contributed by atoms with E-state index in [1.54, 1.807) is 0 Å². The van der Waals surface area contributed by atoms with Gasteiger partial charge in [0.15, 0.2) is 0 Å². The molecule has 0 saturated carbocycles. The third-order valence-corrected chi connectivity index (χ3v) is 5.37. The lowest BCUT2D eigenvalue weighted by Gasteiger charge is -2.26. The lowest BCUT2D eigenvalue weighted by atomic mass is 9.90. The van der Waals surface area contributed by atoms with Crippen LogP contribution in [0.5, 0.6) is 0 Å². The van der Waals surface area contributed by atoms with E-state index in [2.05, 4.69) is 39.8 Å². The Balaban J connectivity index is 3.31. The monoisotopic (exact) mass is 396 g/mol. The van der Waals surface area contributed by atoms with E-state index in [0.29, 0.717) is 6.61 Å². The van der Waals surface area contributed by atoms with Gasteiger partial charge in [-0.25, -0.2) is 4.79 Å². The molecule has 0 aromatic carbocycles. The maximum Gasteiger partial charge on any atom is 0.508 e.